The summed E-state index contributed by atoms with van der Waals surface area (Å²) in [5, 5.41) is 4.20. The van der Waals surface area contributed by atoms with E-state index in [9.17, 15) is 0 Å². The van der Waals surface area contributed by atoms with Crippen molar-refractivity contribution < 1.29 is 4.52 Å². The van der Waals surface area contributed by atoms with Gasteiger partial charge in [0.05, 0.1) is 6.54 Å². The molecule has 0 amide bonds. The number of aryl methyl sites for hydroxylation is 1. The van der Waals surface area contributed by atoms with E-state index in [2.05, 4.69) is 65.5 Å². The number of halogens is 1. The minimum Gasteiger partial charge on any atom is -0.359 e. The van der Waals surface area contributed by atoms with Crippen molar-refractivity contribution in [2.24, 2.45) is 5.73 Å². The zero-order valence-electron chi connectivity index (χ0n) is 14.4. The van der Waals surface area contributed by atoms with Crippen LogP contribution in [-0.4, -0.2) is 23.1 Å². The summed E-state index contributed by atoms with van der Waals surface area (Å²) in [5.74, 6) is 0.856. The van der Waals surface area contributed by atoms with Gasteiger partial charge in [-0.1, -0.05) is 65.3 Å². The van der Waals surface area contributed by atoms with Gasteiger partial charge in [0.1, 0.15) is 5.69 Å². The highest BCUT2D eigenvalue weighted by Crippen LogP contribution is 2.20. The molecule has 0 fully saturated rings. The molecule has 3 aromatic rings. The second kappa shape index (κ2) is 9.37. The van der Waals surface area contributed by atoms with Crippen LogP contribution < -0.4 is 5.73 Å². The second-order valence-corrected chi connectivity index (χ2v) is 6.03. The maximum atomic E-state index is 5.76. The Balaban J connectivity index is 0.00000225. The first-order valence-electron chi connectivity index (χ1n) is 8.23. The lowest BCUT2D eigenvalue weighted by Crippen LogP contribution is -2.28. The van der Waals surface area contributed by atoms with E-state index in [0.717, 1.165) is 30.1 Å². The Bertz CT molecular complexity index is 756. The lowest BCUT2D eigenvalue weighted by atomic mass is 10.1. The predicted octanol–water partition coefficient (Wildman–Crippen LogP) is 4.03. The molecule has 0 unspecified atom stereocenters. The van der Waals surface area contributed by atoms with Crippen LogP contribution in [0.3, 0.4) is 0 Å². The molecule has 3 rings (SSSR count). The Hall–Kier alpha value is -2.14. The first-order valence-corrected chi connectivity index (χ1v) is 8.23. The van der Waals surface area contributed by atoms with Gasteiger partial charge in [-0.3, -0.25) is 4.90 Å². The van der Waals surface area contributed by atoms with Crippen molar-refractivity contribution >= 4 is 12.4 Å². The van der Waals surface area contributed by atoms with Gasteiger partial charge >= 0.3 is 0 Å². The van der Waals surface area contributed by atoms with Crippen LogP contribution in [0.5, 0.6) is 0 Å². The summed E-state index contributed by atoms with van der Waals surface area (Å²) < 4.78 is 5.53. The highest BCUT2D eigenvalue weighted by Gasteiger charge is 2.12. The summed E-state index contributed by atoms with van der Waals surface area (Å²) >= 11 is 0. The smallest absolute Gasteiger partial charge is 0.151 e. The monoisotopic (exact) mass is 357 g/mol. The Morgan fingerprint density at radius 2 is 1.72 bits per heavy atom. The van der Waals surface area contributed by atoms with Crippen molar-refractivity contribution in [1.29, 1.82) is 0 Å². The minimum atomic E-state index is 0. The summed E-state index contributed by atoms with van der Waals surface area (Å²) in [4.78, 5) is 2.27. The Labute approximate surface area is 155 Å². The zero-order chi connectivity index (χ0) is 16.8. The molecule has 0 spiro atoms. The molecule has 2 N–H and O–H groups in total. The van der Waals surface area contributed by atoms with Gasteiger partial charge in [-0.25, -0.2) is 0 Å². The Kier molecular flexibility index (Phi) is 7.19. The fraction of sp³-hybridized carbons (Fsp3) is 0.250. The number of rotatable bonds is 7. The molecule has 0 radical (unpaired) electrons. The summed E-state index contributed by atoms with van der Waals surface area (Å²) in [6.07, 6.45) is 0. The van der Waals surface area contributed by atoms with Crippen LogP contribution in [0.1, 0.15) is 16.9 Å². The molecule has 1 aromatic heterocycles. The minimum absolute atomic E-state index is 0. The van der Waals surface area contributed by atoms with Gasteiger partial charge in [0.15, 0.2) is 5.76 Å². The summed E-state index contributed by atoms with van der Waals surface area (Å²) in [6, 6.07) is 20.7. The molecule has 0 aliphatic carbocycles. The average molecular weight is 358 g/mol. The van der Waals surface area contributed by atoms with Gasteiger partial charge in [-0.2, -0.15) is 0 Å². The van der Waals surface area contributed by atoms with E-state index >= 15 is 0 Å². The summed E-state index contributed by atoms with van der Waals surface area (Å²) in [5.41, 5.74) is 10.2. The number of benzene rings is 2. The number of nitrogens with zero attached hydrogens (tertiary/aromatic N) is 2. The third kappa shape index (κ3) is 5.43. The summed E-state index contributed by atoms with van der Waals surface area (Å²) in [6.45, 7) is 5.05. The van der Waals surface area contributed by atoms with Gasteiger partial charge in [-0.05, 0) is 12.5 Å². The van der Waals surface area contributed by atoms with Crippen LogP contribution in [0.25, 0.3) is 11.3 Å². The number of hydrogen-bond donors (Lipinski definition) is 1. The average Bonchev–Trinajstić information content (AvgIpc) is 3.05. The van der Waals surface area contributed by atoms with Crippen molar-refractivity contribution in [2.75, 3.05) is 13.1 Å². The van der Waals surface area contributed by atoms with E-state index in [1.54, 1.807) is 0 Å². The topological polar surface area (TPSA) is 55.3 Å². The van der Waals surface area contributed by atoms with Crippen molar-refractivity contribution in [2.45, 2.75) is 20.0 Å². The molecule has 0 aliphatic rings. The van der Waals surface area contributed by atoms with Gasteiger partial charge in [0.2, 0.25) is 0 Å². The van der Waals surface area contributed by atoms with Crippen LogP contribution in [0.4, 0.5) is 0 Å². The Morgan fingerprint density at radius 3 is 2.40 bits per heavy atom. The van der Waals surface area contributed by atoms with E-state index in [0.29, 0.717) is 13.1 Å². The van der Waals surface area contributed by atoms with Crippen LogP contribution in [0, 0.1) is 6.92 Å². The number of hydrogen-bond acceptors (Lipinski definition) is 4. The SMILES string of the molecule is Cc1ccc(-c2cc(CN(CCN)Cc3ccccc3)on2)cc1.Cl. The number of nitrogens with two attached hydrogens (primary N) is 1. The van der Waals surface area contributed by atoms with Crippen molar-refractivity contribution in [1.82, 2.24) is 10.1 Å². The first kappa shape index (κ1) is 19.2. The van der Waals surface area contributed by atoms with Crippen molar-refractivity contribution in [3.05, 3.63) is 77.6 Å². The molecule has 4 nitrogen and oxygen atoms in total. The van der Waals surface area contributed by atoms with Crippen molar-refractivity contribution in [3.63, 3.8) is 0 Å². The maximum absolute atomic E-state index is 5.76. The maximum Gasteiger partial charge on any atom is 0.151 e. The third-order valence-electron chi connectivity index (χ3n) is 3.98. The van der Waals surface area contributed by atoms with E-state index in [1.165, 1.54) is 11.1 Å². The van der Waals surface area contributed by atoms with Crippen LogP contribution >= 0.6 is 12.4 Å². The molecule has 2 aromatic carbocycles. The molecular weight excluding hydrogens is 334 g/mol. The van der Waals surface area contributed by atoms with E-state index in [-0.39, 0.29) is 12.4 Å². The summed E-state index contributed by atoms with van der Waals surface area (Å²) in [7, 11) is 0. The first-order chi connectivity index (χ1) is 11.7. The van der Waals surface area contributed by atoms with Gasteiger partial charge in [0, 0.05) is 31.3 Å². The predicted molar refractivity (Wildman–Crippen MR) is 104 cm³/mol. The second-order valence-electron chi connectivity index (χ2n) is 6.03. The highest BCUT2D eigenvalue weighted by atomic mass is 35.5. The van der Waals surface area contributed by atoms with Crippen LogP contribution in [0.15, 0.2) is 65.2 Å². The molecule has 5 heteroatoms. The molecule has 0 bridgehead atoms. The van der Waals surface area contributed by atoms with E-state index < -0.39 is 0 Å². The zero-order valence-corrected chi connectivity index (χ0v) is 15.2. The fourth-order valence-electron chi connectivity index (χ4n) is 2.71. The van der Waals surface area contributed by atoms with Gasteiger partial charge in [0.25, 0.3) is 0 Å². The lowest BCUT2D eigenvalue weighted by Gasteiger charge is -2.20. The Morgan fingerprint density at radius 1 is 1.00 bits per heavy atom. The normalized spacial score (nSPS) is 10.7. The van der Waals surface area contributed by atoms with Gasteiger partial charge in [-0.15, -0.1) is 12.4 Å². The molecule has 0 saturated carbocycles. The molecular formula is C20H24ClN3O. The molecule has 132 valence electrons. The van der Waals surface area contributed by atoms with Gasteiger partial charge < -0.3 is 10.3 Å². The van der Waals surface area contributed by atoms with E-state index in [1.807, 2.05) is 12.1 Å². The highest BCUT2D eigenvalue weighted by molar-refractivity contribution is 5.85. The quantitative estimate of drug-likeness (QED) is 0.693. The van der Waals surface area contributed by atoms with Crippen molar-refractivity contribution in [3.8, 4) is 11.3 Å². The van der Waals surface area contributed by atoms with E-state index in [4.69, 9.17) is 10.3 Å². The molecule has 0 aliphatic heterocycles. The molecule has 0 saturated heterocycles. The largest absolute Gasteiger partial charge is 0.359 e. The standard InChI is InChI=1S/C20H23N3O.ClH/c1-16-7-9-18(10-8-16)20-13-19(24-22-20)15-23(12-11-21)14-17-5-3-2-4-6-17;/h2-10,13H,11-12,14-15,21H2,1H3;1H. The molecule has 25 heavy (non-hydrogen) atoms. The number of aromatic nitrogens is 1. The molecule has 0 atom stereocenters. The lowest BCUT2D eigenvalue weighted by molar-refractivity contribution is 0.229. The van der Waals surface area contributed by atoms with Crippen LogP contribution in [-0.2, 0) is 13.1 Å². The van der Waals surface area contributed by atoms with Crippen LogP contribution in [0.2, 0.25) is 0 Å². The molecule has 1 heterocycles. The third-order valence-corrected chi connectivity index (χ3v) is 3.98. The fourth-order valence-corrected chi connectivity index (χ4v) is 2.71.